The van der Waals surface area contributed by atoms with Crippen LogP contribution in [0.5, 0.6) is 0 Å². The zero-order valence-corrected chi connectivity index (χ0v) is 12.2. The Morgan fingerprint density at radius 1 is 1.15 bits per heavy atom. The van der Waals surface area contributed by atoms with E-state index in [4.69, 9.17) is 4.74 Å². The van der Waals surface area contributed by atoms with Gasteiger partial charge in [-0.2, -0.15) is 0 Å². The molecule has 1 N–H and O–H groups in total. The van der Waals surface area contributed by atoms with Gasteiger partial charge in [0.15, 0.2) is 0 Å². The number of ether oxygens (including phenoxy) is 1. The van der Waals surface area contributed by atoms with Crippen molar-refractivity contribution in [3.63, 3.8) is 0 Å². The Labute approximate surface area is 119 Å². The summed E-state index contributed by atoms with van der Waals surface area (Å²) in [6.07, 6.45) is 0. The van der Waals surface area contributed by atoms with Gasteiger partial charge in [0.05, 0.1) is 6.61 Å². The molecule has 3 heteroatoms. The molecule has 3 nitrogen and oxygen atoms in total. The van der Waals surface area contributed by atoms with Crippen molar-refractivity contribution in [2.45, 2.75) is 32.9 Å². The molecule has 0 aliphatic carbocycles. The number of carbonyl (C=O) groups excluding carboxylic acids is 1. The standard InChI is InChI=1S/C17H21NO2/c1-4-20-17(19)13(3)18-12(2)15-11-7-9-14-8-5-6-10-16(14)15/h5-13,18H,4H2,1-3H3/t12-,13-/m0/s1. The number of benzene rings is 2. The third-order valence-electron chi connectivity index (χ3n) is 3.43. The van der Waals surface area contributed by atoms with Gasteiger partial charge in [0.2, 0.25) is 0 Å². The highest BCUT2D eigenvalue weighted by Crippen LogP contribution is 2.24. The lowest BCUT2D eigenvalue weighted by Gasteiger charge is -2.20. The zero-order valence-electron chi connectivity index (χ0n) is 12.2. The molecule has 2 aromatic rings. The fourth-order valence-corrected chi connectivity index (χ4v) is 2.43. The van der Waals surface area contributed by atoms with Crippen LogP contribution in [-0.4, -0.2) is 18.6 Å². The van der Waals surface area contributed by atoms with Crippen LogP contribution < -0.4 is 5.32 Å². The lowest BCUT2D eigenvalue weighted by molar-refractivity contribution is -0.145. The van der Waals surface area contributed by atoms with E-state index in [1.165, 1.54) is 16.3 Å². The quantitative estimate of drug-likeness (QED) is 0.847. The second kappa shape index (κ2) is 6.53. The molecule has 0 amide bonds. The summed E-state index contributed by atoms with van der Waals surface area (Å²) in [5, 5.41) is 5.72. The molecule has 0 aliphatic rings. The van der Waals surface area contributed by atoms with Gasteiger partial charge in [-0.15, -0.1) is 0 Å². The minimum Gasteiger partial charge on any atom is -0.465 e. The number of rotatable bonds is 5. The Hall–Kier alpha value is -1.87. The van der Waals surface area contributed by atoms with E-state index in [1.54, 1.807) is 0 Å². The molecular weight excluding hydrogens is 250 g/mol. The summed E-state index contributed by atoms with van der Waals surface area (Å²) in [7, 11) is 0. The maximum atomic E-state index is 11.7. The normalized spacial score (nSPS) is 13.9. The Balaban J connectivity index is 2.19. The van der Waals surface area contributed by atoms with Crippen molar-refractivity contribution in [3.05, 3.63) is 48.0 Å². The van der Waals surface area contributed by atoms with Crippen LogP contribution in [0.25, 0.3) is 10.8 Å². The summed E-state index contributed by atoms with van der Waals surface area (Å²) in [4.78, 5) is 11.7. The topological polar surface area (TPSA) is 38.3 Å². The summed E-state index contributed by atoms with van der Waals surface area (Å²) >= 11 is 0. The average molecular weight is 271 g/mol. The van der Waals surface area contributed by atoms with Gasteiger partial charge in [-0.3, -0.25) is 10.1 Å². The molecule has 0 aromatic heterocycles. The fourth-order valence-electron chi connectivity index (χ4n) is 2.43. The highest BCUT2D eigenvalue weighted by atomic mass is 16.5. The molecule has 0 saturated carbocycles. The summed E-state index contributed by atoms with van der Waals surface area (Å²) < 4.78 is 5.03. The van der Waals surface area contributed by atoms with Crippen LogP contribution in [0.4, 0.5) is 0 Å². The second-order valence-corrected chi connectivity index (χ2v) is 4.93. The van der Waals surface area contributed by atoms with Crippen molar-refractivity contribution in [3.8, 4) is 0 Å². The first-order valence-corrected chi connectivity index (χ1v) is 7.03. The fraction of sp³-hybridized carbons (Fsp3) is 0.353. The molecular formula is C17H21NO2. The third kappa shape index (κ3) is 3.17. The number of hydrogen-bond donors (Lipinski definition) is 1. The van der Waals surface area contributed by atoms with Crippen molar-refractivity contribution in [1.29, 1.82) is 0 Å². The van der Waals surface area contributed by atoms with Gasteiger partial charge in [-0.1, -0.05) is 42.5 Å². The summed E-state index contributed by atoms with van der Waals surface area (Å²) in [6, 6.07) is 14.3. The molecule has 0 fully saturated rings. The number of nitrogens with one attached hydrogen (secondary N) is 1. The summed E-state index contributed by atoms with van der Waals surface area (Å²) in [5.74, 6) is -0.209. The number of carbonyl (C=O) groups is 1. The van der Waals surface area contributed by atoms with Crippen molar-refractivity contribution in [2.24, 2.45) is 0 Å². The van der Waals surface area contributed by atoms with E-state index in [2.05, 4.69) is 36.5 Å². The molecule has 0 saturated heterocycles. The minimum absolute atomic E-state index is 0.0838. The van der Waals surface area contributed by atoms with Crippen molar-refractivity contribution in [2.75, 3.05) is 6.61 Å². The van der Waals surface area contributed by atoms with Gasteiger partial charge in [-0.05, 0) is 37.1 Å². The molecule has 0 aliphatic heterocycles. The molecule has 0 unspecified atom stereocenters. The SMILES string of the molecule is CCOC(=O)[C@H](C)N[C@@H](C)c1cccc2ccccc12. The van der Waals surface area contributed by atoms with Crippen LogP contribution in [0.1, 0.15) is 32.4 Å². The lowest BCUT2D eigenvalue weighted by atomic mass is 9.99. The lowest BCUT2D eigenvalue weighted by Crippen LogP contribution is -2.37. The van der Waals surface area contributed by atoms with Gasteiger partial charge in [0.1, 0.15) is 6.04 Å². The van der Waals surface area contributed by atoms with E-state index in [9.17, 15) is 4.79 Å². The largest absolute Gasteiger partial charge is 0.465 e. The maximum Gasteiger partial charge on any atom is 0.322 e. The van der Waals surface area contributed by atoms with E-state index in [0.717, 1.165) is 0 Å². The van der Waals surface area contributed by atoms with Crippen LogP contribution in [0, 0.1) is 0 Å². The van der Waals surface area contributed by atoms with Crippen molar-refractivity contribution >= 4 is 16.7 Å². The highest BCUT2D eigenvalue weighted by molar-refractivity contribution is 5.86. The molecule has 0 heterocycles. The van der Waals surface area contributed by atoms with Gasteiger partial charge in [-0.25, -0.2) is 0 Å². The Bertz CT molecular complexity index is 589. The minimum atomic E-state index is -0.316. The number of fused-ring (bicyclic) bond motifs is 1. The van der Waals surface area contributed by atoms with E-state index in [0.29, 0.717) is 6.61 Å². The van der Waals surface area contributed by atoms with E-state index < -0.39 is 0 Å². The monoisotopic (exact) mass is 271 g/mol. The van der Waals surface area contributed by atoms with Crippen LogP contribution in [0.2, 0.25) is 0 Å². The first-order chi connectivity index (χ1) is 9.63. The molecule has 0 radical (unpaired) electrons. The molecule has 2 aromatic carbocycles. The number of esters is 1. The van der Waals surface area contributed by atoms with Crippen LogP contribution in [0.3, 0.4) is 0 Å². The van der Waals surface area contributed by atoms with Crippen molar-refractivity contribution < 1.29 is 9.53 Å². The Morgan fingerprint density at radius 2 is 1.85 bits per heavy atom. The third-order valence-corrected chi connectivity index (χ3v) is 3.43. The van der Waals surface area contributed by atoms with E-state index >= 15 is 0 Å². The van der Waals surface area contributed by atoms with Gasteiger partial charge < -0.3 is 4.74 Å². The molecule has 2 atom stereocenters. The van der Waals surface area contributed by atoms with E-state index in [-0.39, 0.29) is 18.1 Å². The van der Waals surface area contributed by atoms with E-state index in [1.807, 2.05) is 32.0 Å². The summed E-state index contributed by atoms with van der Waals surface area (Å²) in [5.41, 5.74) is 1.19. The highest BCUT2D eigenvalue weighted by Gasteiger charge is 2.18. The Kier molecular flexibility index (Phi) is 4.74. The Morgan fingerprint density at radius 3 is 2.60 bits per heavy atom. The second-order valence-electron chi connectivity index (χ2n) is 4.93. The van der Waals surface area contributed by atoms with Crippen LogP contribution >= 0.6 is 0 Å². The predicted molar refractivity (Wildman–Crippen MR) is 81.6 cm³/mol. The average Bonchev–Trinajstić information content (AvgIpc) is 2.46. The zero-order chi connectivity index (χ0) is 14.5. The van der Waals surface area contributed by atoms with Crippen LogP contribution in [0.15, 0.2) is 42.5 Å². The van der Waals surface area contributed by atoms with Gasteiger partial charge in [0, 0.05) is 6.04 Å². The predicted octanol–water partition coefficient (Wildman–Crippen LogP) is 3.44. The number of hydrogen-bond acceptors (Lipinski definition) is 3. The first kappa shape index (κ1) is 14.5. The van der Waals surface area contributed by atoms with Crippen LogP contribution in [-0.2, 0) is 9.53 Å². The molecule has 106 valence electrons. The first-order valence-electron chi connectivity index (χ1n) is 7.03. The molecule has 20 heavy (non-hydrogen) atoms. The molecule has 0 spiro atoms. The molecule has 2 rings (SSSR count). The van der Waals surface area contributed by atoms with Gasteiger partial charge in [0.25, 0.3) is 0 Å². The molecule has 0 bridgehead atoms. The van der Waals surface area contributed by atoms with Gasteiger partial charge >= 0.3 is 5.97 Å². The summed E-state index contributed by atoms with van der Waals surface area (Å²) in [6.45, 7) is 6.13. The van der Waals surface area contributed by atoms with Crippen molar-refractivity contribution in [1.82, 2.24) is 5.32 Å². The smallest absolute Gasteiger partial charge is 0.322 e. The maximum absolute atomic E-state index is 11.7.